The fraction of sp³-hybridized carbons (Fsp3) is 0.286. The van der Waals surface area contributed by atoms with Crippen molar-refractivity contribution in [1.29, 1.82) is 0 Å². The van der Waals surface area contributed by atoms with Gasteiger partial charge in [-0.1, -0.05) is 60.3 Å². The number of thioether (sulfide) groups is 2. The molecule has 1 fully saturated rings. The van der Waals surface area contributed by atoms with Crippen molar-refractivity contribution in [2.75, 3.05) is 11.6 Å². The average molecular weight is 416 g/mol. The highest BCUT2D eigenvalue weighted by molar-refractivity contribution is 8.13. The van der Waals surface area contributed by atoms with Crippen LogP contribution < -0.4 is 0 Å². The van der Waals surface area contributed by atoms with Crippen molar-refractivity contribution >= 4 is 40.4 Å². The van der Waals surface area contributed by atoms with Crippen LogP contribution >= 0.6 is 23.5 Å². The number of benzene rings is 2. The first kappa shape index (κ1) is 20.6. The fourth-order valence-corrected chi connectivity index (χ4v) is 5.24. The third kappa shape index (κ3) is 4.84. The lowest BCUT2D eigenvalue weighted by atomic mass is 9.95. The molecule has 1 aliphatic rings. The quantitative estimate of drug-likeness (QED) is 0.547. The summed E-state index contributed by atoms with van der Waals surface area (Å²) in [5.74, 6) is -0.121. The Labute approximate surface area is 172 Å². The molecule has 146 valence electrons. The zero-order valence-corrected chi connectivity index (χ0v) is 17.0. The van der Waals surface area contributed by atoms with Crippen molar-refractivity contribution in [3.63, 3.8) is 0 Å². The Morgan fingerprint density at radius 1 is 1.14 bits per heavy atom. The lowest BCUT2D eigenvalue weighted by Crippen LogP contribution is -2.49. The predicted octanol–water partition coefficient (Wildman–Crippen LogP) is 3.58. The van der Waals surface area contributed by atoms with Crippen LogP contribution in [0.5, 0.6) is 0 Å². The molecule has 0 bridgehead atoms. The van der Waals surface area contributed by atoms with Crippen LogP contribution in [0.3, 0.4) is 0 Å². The molecule has 0 amide bonds. The van der Waals surface area contributed by atoms with Crippen LogP contribution in [0.4, 0.5) is 0 Å². The lowest BCUT2D eigenvalue weighted by molar-refractivity contribution is -0.142. The number of ketones is 1. The van der Waals surface area contributed by atoms with Gasteiger partial charge in [0.05, 0.1) is 6.04 Å². The first-order chi connectivity index (χ1) is 13.5. The topological polar surface area (TPSA) is 74.7 Å². The molecule has 2 atom stereocenters. The van der Waals surface area contributed by atoms with Gasteiger partial charge in [0, 0.05) is 29.0 Å². The summed E-state index contributed by atoms with van der Waals surface area (Å²) in [5.41, 5.74) is 1.43. The Morgan fingerprint density at radius 3 is 2.50 bits per heavy atom. The maximum absolute atomic E-state index is 13.5. The van der Waals surface area contributed by atoms with E-state index < -0.39 is 18.1 Å². The first-order valence-electron chi connectivity index (χ1n) is 8.89. The van der Waals surface area contributed by atoms with Crippen molar-refractivity contribution in [3.05, 3.63) is 65.7 Å². The maximum atomic E-state index is 13.5. The fourth-order valence-electron chi connectivity index (χ4n) is 3.27. The molecule has 1 saturated heterocycles. The van der Waals surface area contributed by atoms with E-state index in [-0.39, 0.29) is 10.9 Å². The number of carbonyl (C=O) groups is 3. The van der Waals surface area contributed by atoms with Gasteiger partial charge in [-0.2, -0.15) is 0 Å². The van der Waals surface area contributed by atoms with Gasteiger partial charge in [-0.15, -0.1) is 11.8 Å². The summed E-state index contributed by atoms with van der Waals surface area (Å²) in [6.45, 7) is 1.46. The Bertz CT molecular complexity index is 872. The number of carboxylic acid groups (broad SMARTS) is 1. The molecule has 0 aromatic heterocycles. The van der Waals surface area contributed by atoms with Crippen molar-refractivity contribution in [2.45, 2.75) is 30.3 Å². The highest BCUT2D eigenvalue weighted by atomic mass is 32.2. The summed E-state index contributed by atoms with van der Waals surface area (Å²) < 4.78 is 0. The summed E-state index contributed by atoms with van der Waals surface area (Å²) in [5, 5.41) is 9.51. The molecule has 28 heavy (non-hydrogen) atoms. The Hall–Kier alpha value is -2.09. The van der Waals surface area contributed by atoms with Gasteiger partial charge in [0.2, 0.25) is 0 Å². The van der Waals surface area contributed by atoms with Gasteiger partial charge in [0.25, 0.3) is 0 Å². The van der Waals surface area contributed by atoms with Gasteiger partial charge >= 0.3 is 5.97 Å². The second-order valence-corrected chi connectivity index (χ2v) is 8.75. The minimum atomic E-state index is -0.915. The highest BCUT2D eigenvalue weighted by Gasteiger charge is 2.39. The Kier molecular flexibility index (Phi) is 6.93. The minimum Gasteiger partial charge on any atom is -0.480 e. The van der Waals surface area contributed by atoms with E-state index in [1.807, 2.05) is 30.3 Å². The molecule has 0 spiro atoms. The smallest absolute Gasteiger partial charge is 0.321 e. The molecule has 0 saturated carbocycles. The van der Waals surface area contributed by atoms with Crippen molar-refractivity contribution < 1.29 is 19.5 Å². The third-order valence-corrected chi connectivity index (χ3v) is 6.48. The van der Waals surface area contributed by atoms with Crippen LogP contribution in [0.1, 0.15) is 22.8 Å². The van der Waals surface area contributed by atoms with Gasteiger partial charge in [0.1, 0.15) is 6.04 Å². The molecular weight excluding hydrogens is 394 g/mol. The molecule has 1 aliphatic heterocycles. The Morgan fingerprint density at radius 2 is 1.82 bits per heavy atom. The predicted molar refractivity (Wildman–Crippen MR) is 112 cm³/mol. The number of carbonyl (C=O) groups excluding carboxylic acids is 2. The standard InChI is InChI=1S/C21H21NO4S2/c1-14(23)28-19-10-6-5-9-16(19)20(24)17(11-15-7-3-2-4-8-15)22-13-27-12-18(22)21(25)26/h2-10,17-18H,11-13H2,1H3,(H,25,26)/t17-,18+/m1/s1. The zero-order chi connectivity index (χ0) is 20.1. The number of hydrogen-bond donors (Lipinski definition) is 1. The van der Waals surface area contributed by atoms with Crippen LogP contribution in [0, 0.1) is 0 Å². The number of Topliss-reactive ketones (excluding diaryl/α,β-unsaturated/α-hetero) is 1. The largest absolute Gasteiger partial charge is 0.480 e. The maximum Gasteiger partial charge on any atom is 0.321 e. The normalized spacial score (nSPS) is 18.0. The van der Waals surface area contributed by atoms with Gasteiger partial charge in [0.15, 0.2) is 10.9 Å². The second-order valence-electron chi connectivity index (χ2n) is 6.53. The van der Waals surface area contributed by atoms with Gasteiger partial charge in [-0.3, -0.25) is 19.3 Å². The summed E-state index contributed by atoms with van der Waals surface area (Å²) in [4.78, 5) is 39.3. The molecule has 0 radical (unpaired) electrons. The van der Waals surface area contributed by atoms with Crippen LogP contribution in [0.2, 0.25) is 0 Å². The van der Waals surface area contributed by atoms with E-state index in [9.17, 15) is 19.5 Å². The summed E-state index contributed by atoms with van der Waals surface area (Å²) >= 11 is 2.55. The molecule has 5 nitrogen and oxygen atoms in total. The van der Waals surface area contributed by atoms with E-state index in [4.69, 9.17) is 0 Å². The third-order valence-electron chi connectivity index (χ3n) is 4.58. The number of carboxylic acids is 1. The van der Waals surface area contributed by atoms with E-state index in [1.165, 1.54) is 18.7 Å². The van der Waals surface area contributed by atoms with Crippen LogP contribution in [0.15, 0.2) is 59.5 Å². The van der Waals surface area contributed by atoms with Crippen molar-refractivity contribution in [2.24, 2.45) is 0 Å². The van der Waals surface area contributed by atoms with E-state index in [2.05, 4.69) is 0 Å². The monoisotopic (exact) mass is 415 g/mol. The first-order valence-corrected chi connectivity index (χ1v) is 10.9. The number of hydrogen-bond acceptors (Lipinski definition) is 6. The average Bonchev–Trinajstić information content (AvgIpc) is 3.16. The number of aliphatic carboxylic acids is 1. The minimum absolute atomic E-state index is 0.0972. The molecule has 1 N–H and O–H groups in total. The number of nitrogens with zero attached hydrogens (tertiary/aromatic N) is 1. The lowest BCUT2D eigenvalue weighted by Gasteiger charge is -2.30. The molecule has 7 heteroatoms. The van der Waals surface area contributed by atoms with E-state index in [0.29, 0.717) is 28.5 Å². The molecular formula is C21H21NO4S2. The van der Waals surface area contributed by atoms with Gasteiger partial charge in [-0.05, 0) is 18.1 Å². The number of rotatable bonds is 7. The summed E-state index contributed by atoms with van der Waals surface area (Å²) in [7, 11) is 0. The molecule has 3 rings (SSSR count). The van der Waals surface area contributed by atoms with E-state index in [0.717, 1.165) is 17.3 Å². The molecule has 2 aromatic rings. The molecule has 1 heterocycles. The van der Waals surface area contributed by atoms with Crippen molar-refractivity contribution in [3.8, 4) is 0 Å². The zero-order valence-electron chi connectivity index (χ0n) is 15.4. The summed E-state index contributed by atoms with van der Waals surface area (Å²) in [6.07, 6.45) is 0.420. The Balaban J connectivity index is 1.98. The summed E-state index contributed by atoms with van der Waals surface area (Å²) in [6, 6.07) is 15.3. The van der Waals surface area contributed by atoms with Crippen molar-refractivity contribution in [1.82, 2.24) is 4.90 Å². The molecule has 0 unspecified atom stereocenters. The van der Waals surface area contributed by atoms with Gasteiger partial charge in [-0.25, -0.2) is 0 Å². The highest BCUT2D eigenvalue weighted by Crippen LogP contribution is 2.30. The van der Waals surface area contributed by atoms with Gasteiger partial charge < -0.3 is 5.11 Å². The van der Waals surface area contributed by atoms with Crippen LogP contribution in [0.25, 0.3) is 0 Å². The second kappa shape index (κ2) is 9.41. The molecule has 2 aromatic carbocycles. The van der Waals surface area contributed by atoms with Crippen LogP contribution in [-0.2, 0) is 16.0 Å². The SMILES string of the molecule is CC(=O)Sc1ccccc1C(=O)[C@@H](Cc1ccccc1)N1CSC[C@H]1C(=O)O. The van der Waals surface area contributed by atoms with E-state index >= 15 is 0 Å². The molecule has 0 aliphatic carbocycles. The van der Waals surface area contributed by atoms with E-state index in [1.54, 1.807) is 29.2 Å². The van der Waals surface area contributed by atoms with Crippen LogP contribution in [-0.4, -0.2) is 50.6 Å².